The van der Waals surface area contributed by atoms with Crippen LogP contribution < -0.4 is 28.7 Å². The van der Waals surface area contributed by atoms with Crippen LogP contribution in [0.15, 0.2) is 153 Å². The van der Waals surface area contributed by atoms with Gasteiger partial charge in [0.25, 0.3) is 0 Å². The van der Waals surface area contributed by atoms with Crippen molar-refractivity contribution in [3.05, 3.63) is 145 Å². The molecule has 10 heteroatoms. The van der Waals surface area contributed by atoms with Gasteiger partial charge in [-0.1, -0.05) is 47.8 Å². The Morgan fingerprint density at radius 1 is 0.397 bits per heavy atom. The first kappa shape index (κ1) is 36.6. The van der Waals surface area contributed by atoms with E-state index in [0.29, 0.717) is 34.1 Å². The Kier molecular flexibility index (Phi) is 9.58. The molecule has 2 aliphatic rings. The summed E-state index contributed by atoms with van der Waals surface area (Å²) >= 11 is 3.37. The van der Waals surface area contributed by atoms with Gasteiger partial charge in [-0.2, -0.15) is 10.5 Å². The van der Waals surface area contributed by atoms with Crippen molar-refractivity contribution in [2.24, 2.45) is 0 Å². The normalized spacial score (nSPS) is 12.2. The maximum Gasteiger partial charge on any atom is 0.121 e. The van der Waals surface area contributed by atoms with Crippen LogP contribution in [0.5, 0.6) is 23.0 Å². The van der Waals surface area contributed by atoms with E-state index < -0.39 is 0 Å². The SMILES string of the molecule is COc1ccc2c(c1)N(c1cc(-c3cccc(C#N)c3)c(N3c4cc(OC)ccc4Sc4ccc(OC)cc43)cc1-c1cccc(C#N)c1)c1cc(OC)ccc1S2. The maximum atomic E-state index is 10.2. The number of fused-ring (bicyclic) bond motifs is 4. The van der Waals surface area contributed by atoms with Gasteiger partial charge in [-0.25, -0.2) is 0 Å². The van der Waals surface area contributed by atoms with Gasteiger partial charge in [-0.3, -0.25) is 0 Å². The zero-order valence-electron chi connectivity index (χ0n) is 31.9. The fourth-order valence-corrected chi connectivity index (χ4v) is 9.52. The van der Waals surface area contributed by atoms with E-state index in [-0.39, 0.29) is 0 Å². The summed E-state index contributed by atoms with van der Waals surface area (Å²) in [6, 6.07) is 49.0. The van der Waals surface area contributed by atoms with Gasteiger partial charge in [0.15, 0.2) is 0 Å². The number of nitriles is 2. The van der Waals surface area contributed by atoms with Crippen LogP contribution in [0.1, 0.15) is 11.1 Å². The Morgan fingerprint density at radius 3 is 1.02 bits per heavy atom. The van der Waals surface area contributed by atoms with Crippen LogP contribution in [0.3, 0.4) is 0 Å². The molecule has 7 aromatic rings. The first-order chi connectivity index (χ1) is 28.4. The second kappa shape index (κ2) is 15.2. The van der Waals surface area contributed by atoms with Gasteiger partial charge >= 0.3 is 0 Å². The Morgan fingerprint density at radius 2 is 0.724 bits per heavy atom. The summed E-state index contributed by atoms with van der Waals surface area (Å²) in [6.07, 6.45) is 0. The lowest BCUT2D eigenvalue weighted by molar-refractivity contribution is 0.414. The fourth-order valence-electron chi connectivity index (χ4n) is 7.48. The molecule has 0 radical (unpaired) electrons. The molecule has 9 rings (SSSR count). The minimum atomic E-state index is 0.536. The summed E-state index contributed by atoms with van der Waals surface area (Å²) in [5.74, 6) is 2.85. The highest BCUT2D eigenvalue weighted by Gasteiger charge is 2.33. The third kappa shape index (κ3) is 6.39. The van der Waals surface area contributed by atoms with E-state index in [2.05, 4.69) is 82.6 Å². The van der Waals surface area contributed by atoms with Crippen LogP contribution >= 0.6 is 23.5 Å². The molecule has 7 aromatic carbocycles. The van der Waals surface area contributed by atoms with Crippen molar-refractivity contribution < 1.29 is 18.9 Å². The van der Waals surface area contributed by atoms with Crippen molar-refractivity contribution in [2.75, 3.05) is 38.2 Å². The lowest BCUT2D eigenvalue weighted by atomic mass is 9.92. The van der Waals surface area contributed by atoms with E-state index >= 15 is 0 Å². The van der Waals surface area contributed by atoms with Gasteiger partial charge in [0.2, 0.25) is 0 Å². The zero-order chi connectivity index (χ0) is 39.9. The van der Waals surface area contributed by atoms with Gasteiger partial charge in [-0.15, -0.1) is 0 Å². The van der Waals surface area contributed by atoms with Crippen molar-refractivity contribution >= 4 is 57.6 Å². The van der Waals surface area contributed by atoms with Crippen LogP contribution in [0.2, 0.25) is 0 Å². The summed E-state index contributed by atoms with van der Waals surface area (Å²) in [4.78, 5) is 8.68. The molecule has 2 heterocycles. The fraction of sp³-hybridized carbons (Fsp3) is 0.0833. The van der Waals surface area contributed by atoms with E-state index in [1.54, 1.807) is 52.0 Å². The number of rotatable bonds is 8. The monoisotopic (exact) mass is 794 g/mol. The Balaban J connectivity index is 1.44. The molecular formula is C48H34N4O4S2. The largest absolute Gasteiger partial charge is 0.497 e. The standard InChI is InChI=1S/C48H34N4O4S2/c1-53-33-11-15-45-41(21-33)51(42-22-34(54-2)12-16-46(42)57-45)39-25-38(32-10-6-8-30(20-32)28-50)40(26-37(39)31-9-5-7-29(19-31)27-49)52-43-23-35(55-3)13-17-47(43)58-48-18-14-36(56-4)24-44(48)52/h5-26H,1-4H3. The molecule has 0 fully saturated rings. The molecule has 58 heavy (non-hydrogen) atoms. The van der Waals surface area contributed by atoms with Crippen LogP contribution in [0.25, 0.3) is 22.3 Å². The minimum absolute atomic E-state index is 0.536. The van der Waals surface area contributed by atoms with Crippen molar-refractivity contribution in [1.82, 2.24) is 0 Å². The molecule has 0 saturated carbocycles. The minimum Gasteiger partial charge on any atom is -0.497 e. The number of hydrogen-bond acceptors (Lipinski definition) is 10. The van der Waals surface area contributed by atoms with Crippen LogP contribution in [-0.2, 0) is 0 Å². The van der Waals surface area contributed by atoms with E-state index in [1.165, 1.54) is 0 Å². The Labute approximate surface area is 345 Å². The highest BCUT2D eigenvalue weighted by molar-refractivity contribution is 8.00. The topological polar surface area (TPSA) is 91.0 Å². The third-order valence-corrected chi connectivity index (χ3v) is 12.5. The molecule has 2 aliphatic heterocycles. The second-order valence-corrected chi connectivity index (χ2v) is 15.6. The summed E-state index contributed by atoms with van der Waals surface area (Å²) in [7, 11) is 6.68. The summed E-state index contributed by atoms with van der Waals surface area (Å²) < 4.78 is 23.2. The maximum absolute atomic E-state index is 10.2. The van der Waals surface area contributed by atoms with E-state index in [1.807, 2.05) is 72.8 Å². The molecule has 282 valence electrons. The molecule has 0 amide bonds. The van der Waals surface area contributed by atoms with E-state index in [4.69, 9.17) is 18.9 Å². The highest BCUT2D eigenvalue weighted by Crippen LogP contribution is 2.59. The molecule has 0 N–H and O–H groups in total. The number of anilines is 6. The van der Waals surface area contributed by atoms with Gasteiger partial charge in [0.05, 0.1) is 85.8 Å². The van der Waals surface area contributed by atoms with Crippen LogP contribution in [-0.4, -0.2) is 28.4 Å². The van der Waals surface area contributed by atoms with Crippen LogP contribution in [0.4, 0.5) is 34.1 Å². The van der Waals surface area contributed by atoms with Crippen LogP contribution in [0, 0.1) is 22.7 Å². The summed E-state index contributed by atoms with van der Waals surface area (Å²) in [5.41, 5.74) is 9.90. The number of ether oxygens (including phenoxy) is 4. The molecule has 0 bridgehead atoms. The lowest BCUT2D eigenvalue weighted by Crippen LogP contribution is -2.19. The van der Waals surface area contributed by atoms with Gasteiger partial charge in [-0.05, 0) is 96.1 Å². The lowest BCUT2D eigenvalue weighted by Gasteiger charge is -2.38. The van der Waals surface area contributed by atoms with E-state index in [0.717, 1.165) is 76.0 Å². The molecule has 0 atom stereocenters. The highest BCUT2D eigenvalue weighted by atomic mass is 32.2. The molecule has 0 aliphatic carbocycles. The average Bonchev–Trinajstić information content (AvgIpc) is 3.28. The van der Waals surface area contributed by atoms with Crippen molar-refractivity contribution in [3.8, 4) is 57.4 Å². The average molecular weight is 795 g/mol. The van der Waals surface area contributed by atoms with E-state index in [9.17, 15) is 10.5 Å². The number of methoxy groups -OCH3 is 4. The molecule has 8 nitrogen and oxygen atoms in total. The predicted molar refractivity (Wildman–Crippen MR) is 231 cm³/mol. The van der Waals surface area contributed by atoms with Crippen molar-refractivity contribution in [1.29, 1.82) is 10.5 Å². The molecule has 0 saturated heterocycles. The predicted octanol–water partition coefficient (Wildman–Crippen LogP) is 12.7. The van der Waals surface area contributed by atoms with Gasteiger partial charge in [0.1, 0.15) is 23.0 Å². The third-order valence-electron chi connectivity index (χ3n) is 10.3. The number of hydrogen-bond donors (Lipinski definition) is 0. The Hall–Kier alpha value is -6.98. The molecule has 0 unspecified atom stereocenters. The Bertz CT molecular complexity index is 2560. The first-order valence-electron chi connectivity index (χ1n) is 18.3. The summed E-state index contributed by atoms with van der Waals surface area (Å²) in [5, 5.41) is 20.3. The van der Waals surface area contributed by atoms with Crippen molar-refractivity contribution in [3.63, 3.8) is 0 Å². The number of nitrogens with zero attached hydrogens (tertiary/aromatic N) is 4. The molecule has 0 aromatic heterocycles. The second-order valence-electron chi connectivity index (χ2n) is 13.5. The summed E-state index contributed by atoms with van der Waals surface area (Å²) in [6.45, 7) is 0. The quantitative estimate of drug-likeness (QED) is 0.148. The molecule has 0 spiro atoms. The van der Waals surface area contributed by atoms with Gasteiger partial charge in [0, 0.05) is 55.0 Å². The van der Waals surface area contributed by atoms with Gasteiger partial charge < -0.3 is 28.7 Å². The molecular weight excluding hydrogens is 761 g/mol. The zero-order valence-corrected chi connectivity index (χ0v) is 33.6. The number of benzene rings is 7. The smallest absolute Gasteiger partial charge is 0.121 e. The van der Waals surface area contributed by atoms with Crippen molar-refractivity contribution in [2.45, 2.75) is 19.6 Å². The first-order valence-corrected chi connectivity index (χ1v) is 19.9.